The van der Waals surface area contributed by atoms with Crippen molar-refractivity contribution in [1.82, 2.24) is 9.62 Å². The molecule has 0 aromatic carbocycles. The van der Waals surface area contributed by atoms with Gasteiger partial charge in [-0.15, -0.1) is 24.2 Å². The van der Waals surface area contributed by atoms with Crippen LogP contribution in [-0.2, 0) is 19.6 Å². The quantitative estimate of drug-likeness (QED) is 0.569. The Kier molecular flexibility index (Phi) is 8.95. The minimum atomic E-state index is -3.19. The van der Waals surface area contributed by atoms with Gasteiger partial charge < -0.3 is 15.4 Å². The summed E-state index contributed by atoms with van der Waals surface area (Å²) >= 11 is 1.69. The largest absolute Gasteiger partial charge is 0.378 e. The molecule has 1 aliphatic rings. The number of sulfonamides is 1. The molecule has 0 saturated carbocycles. The van der Waals surface area contributed by atoms with Crippen molar-refractivity contribution in [2.75, 3.05) is 44.2 Å². The first kappa shape index (κ1) is 18.9. The van der Waals surface area contributed by atoms with E-state index in [1.807, 2.05) is 0 Å². The van der Waals surface area contributed by atoms with Crippen LogP contribution in [0, 0.1) is 0 Å². The van der Waals surface area contributed by atoms with E-state index in [0.717, 1.165) is 18.6 Å². The summed E-state index contributed by atoms with van der Waals surface area (Å²) < 4.78 is 29.0. The molecule has 1 rings (SSSR count). The number of ether oxygens (including phenoxy) is 1. The minimum Gasteiger partial charge on any atom is -0.378 e. The van der Waals surface area contributed by atoms with Crippen LogP contribution in [0.2, 0.25) is 0 Å². The zero-order valence-corrected chi connectivity index (χ0v) is 13.2. The third-order valence-corrected chi connectivity index (χ3v) is 3.98. The highest BCUT2D eigenvalue weighted by Crippen LogP contribution is 2.13. The van der Waals surface area contributed by atoms with E-state index >= 15 is 0 Å². The lowest BCUT2D eigenvalue weighted by molar-refractivity contribution is -0.132. The Balaban J connectivity index is 0.00000324. The van der Waals surface area contributed by atoms with E-state index < -0.39 is 16.1 Å². The molecule has 7 nitrogen and oxygen atoms in total. The lowest BCUT2D eigenvalue weighted by Gasteiger charge is -2.19. The van der Waals surface area contributed by atoms with Crippen molar-refractivity contribution in [3.05, 3.63) is 0 Å². The number of hydrogen-bond donors (Lipinski definition) is 2. The molecule has 3 N–H and O–H groups in total. The summed E-state index contributed by atoms with van der Waals surface area (Å²) in [7, 11) is -3.19. The molecule has 19 heavy (non-hydrogen) atoms. The van der Waals surface area contributed by atoms with Gasteiger partial charge in [0.25, 0.3) is 0 Å². The highest BCUT2D eigenvalue weighted by Gasteiger charge is 2.23. The van der Waals surface area contributed by atoms with Crippen LogP contribution in [0.3, 0.4) is 0 Å². The SMILES string of the molecule is CS(=O)(=O)NCCOCC(N)C(=O)N1CCSC1.Cl. The van der Waals surface area contributed by atoms with Gasteiger partial charge in [0.15, 0.2) is 0 Å². The number of carbonyl (C=O) groups excluding carboxylic acids is 1. The molecule has 0 aliphatic carbocycles. The lowest BCUT2D eigenvalue weighted by atomic mass is 10.3. The van der Waals surface area contributed by atoms with Crippen LogP contribution < -0.4 is 10.5 Å². The number of nitrogens with two attached hydrogens (primary N) is 1. The van der Waals surface area contributed by atoms with Gasteiger partial charge in [0, 0.05) is 18.8 Å². The Hall–Kier alpha value is -0.0600. The Morgan fingerprint density at radius 1 is 1.58 bits per heavy atom. The van der Waals surface area contributed by atoms with Gasteiger partial charge in [0.2, 0.25) is 15.9 Å². The number of amides is 1. The molecule has 0 aromatic heterocycles. The Morgan fingerprint density at radius 2 is 2.26 bits per heavy atom. The zero-order chi connectivity index (χ0) is 13.6. The Morgan fingerprint density at radius 3 is 2.79 bits per heavy atom. The number of hydrogen-bond acceptors (Lipinski definition) is 6. The molecule has 114 valence electrons. The molecule has 1 fully saturated rings. The van der Waals surface area contributed by atoms with E-state index in [2.05, 4.69) is 4.72 Å². The van der Waals surface area contributed by atoms with Crippen molar-refractivity contribution in [2.45, 2.75) is 6.04 Å². The van der Waals surface area contributed by atoms with Crippen LogP contribution in [0.4, 0.5) is 0 Å². The second-order valence-corrected chi connectivity index (χ2v) is 6.89. The highest BCUT2D eigenvalue weighted by atomic mass is 35.5. The van der Waals surface area contributed by atoms with Crippen molar-refractivity contribution in [3.8, 4) is 0 Å². The van der Waals surface area contributed by atoms with E-state index in [1.165, 1.54) is 0 Å². The fraction of sp³-hybridized carbons (Fsp3) is 0.889. The standard InChI is InChI=1S/C9H19N3O4S2.ClH/c1-18(14,15)11-2-4-16-6-8(10)9(13)12-3-5-17-7-12;/h8,11H,2-7,10H2,1H3;1H. The Labute approximate surface area is 124 Å². The van der Waals surface area contributed by atoms with Crippen molar-refractivity contribution in [2.24, 2.45) is 5.73 Å². The van der Waals surface area contributed by atoms with E-state index in [9.17, 15) is 13.2 Å². The summed E-state index contributed by atoms with van der Waals surface area (Å²) in [6.07, 6.45) is 1.08. The number of thioether (sulfide) groups is 1. The predicted molar refractivity (Wildman–Crippen MR) is 77.9 cm³/mol. The summed E-state index contributed by atoms with van der Waals surface area (Å²) in [5, 5.41) is 0. The molecule has 1 heterocycles. The summed E-state index contributed by atoms with van der Waals surface area (Å²) in [6.45, 7) is 1.21. The van der Waals surface area contributed by atoms with Gasteiger partial charge in [-0.1, -0.05) is 0 Å². The molecule has 1 aliphatic heterocycles. The topological polar surface area (TPSA) is 102 Å². The molecule has 1 amide bonds. The Bertz CT molecular complexity index is 374. The number of rotatable bonds is 7. The van der Waals surface area contributed by atoms with E-state index in [0.29, 0.717) is 5.88 Å². The fourth-order valence-corrected chi connectivity index (χ4v) is 2.81. The summed E-state index contributed by atoms with van der Waals surface area (Å²) in [5.41, 5.74) is 5.70. The molecule has 1 atom stereocenters. The van der Waals surface area contributed by atoms with Crippen LogP contribution in [0.5, 0.6) is 0 Å². The van der Waals surface area contributed by atoms with Crippen molar-refractivity contribution >= 4 is 40.1 Å². The number of halogens is 1. The van der Waals surface area contributed by atoms with Crippen LogP contribution in [-0.4, -0.2) is 69.5 Å². The smallest absolute Gasteiger partial charge is 0.242 e. The van der Waals surface area contributed by atoms with Crippen molar-refractivity contribution in [1.29, 1.82) is 0 Å². The van der Waals surface area contributed by atoms with Crippen LogP contribution in [0.1, 0.15) is 0 Å². The maximum absolute atomic E-state index is 11.8. The molecular formula is C9H20ClN3O4S2. The first-order chi connectivity index (χ1) is 8.40. The fourth-order valence-electron chi connectivity index (χ4n) is 1.40. The molecule has 1 saturated heterocycles. The minimum absolute atomic E-state index is 0. The average molecular weight is 334 g/mol. The molecule has 0 aromatic rings. The first-order valence-electron chi connectivity index (χ1n) is 5.54. The second kappa shape index (κ2) is 8.98. The first-order valence-corrected chi connectivity index (χ1v) is 8.59. The van der Waals surface area contributed by atoms with Gasteiger partial charge in [-0.3, -0.25) is 4.79 Å². The normalized spacial score (nSPS) is 17.1. The molecule has 1 unspecified atom stereocenters. The number of nitrogens with one attached hydrogen (secondary N) is 1. The van der Waals surface area contributed by atoms with Crippen molar-refractivity contribution in [3.63, 3.8) is 0 Å². The summed E-state index contributed by atoms with van der Waals surface area (Å²) in [4.78, 5) is 13.5. The third-order valence-electron chi connectivity index (χ3n) is 2.29. The van der Waals surface area contributed by atoms with Gasteiger partial charge in [-0.25, -0.2) is 13.1 Å². The van der Waals surface area contributed by atoms with E-state index in [4.69, 9.17) is 10.5 Å². The maximum atomic E-state index is 11.8. The molecule has 0 bridgehead atoms. The van der Waals surface area contributed by atoms with Gasteiger partial charge in [0.1, 0.15) is 6.04 Å². The highest BCUT2D eigenvalue weighted by molar-refractivity contribution is 7.99. The van der Waals surface area contributed by atoms with Gasteiger partial charge in [0.05, 0.1) is 25.3 Å². The second-order valence-electron chi connectivity index (χ2n) is 3.99. The summed E-state index contributed by atoms with van der Waals surface area (Å²) in [6, 6.07) is -0.679. The maximum Gasteiger partial charge on any atom is 0.242 e. The lowest BCUT2D eigenvalue weighted by Crippen LogP contribution is -2.45. The van der Waals surface area contributed by atoms with E-state index in [1.54, 1.807) is 16.7 Å². The average Bonchev–Trinajstić information content (AvgIpc) is 2.79. The van der Waals surface area contributed by atoms with Crippen LogP contribution in [0.25, 0.3) is 0 Å². The predicted octanol–water partition coefficient (Wildman–Crippen LogP) is -1.17. The van der Waals surface area contributed by atoms with Crippen LogP contribution in [0.15, 0.2) is 0 Å². The van der Waals surface area contributed by atoms with Gasteiger partial charge in [-0.2, -0.15) is 0 Å². The van der Waals surface area contributed by atoms with Crippen molar-refractivity contribution < 1.29 is 17.9 Å². The van der Waals surface area contributed by atoms with Gasteiger partial charge >= 0.3 is 0 Å². The van der Waals surface area contributed by atoms with Crippen LogP contribution >= 0.6 is 24.2 Å². The zero-order valence-electron chi connectivity index (χ0n) is 10.7. The third kappa shape index (κ3) is 7.95. The molecule has 10 heteroatoms. The number of carbonyl (C=O) groups is 1. The molecular weight excluding hydrogens is 314 g/mol. The molecule has 0 spiro atoms. The molecule has 0 radical (unpaired) electrons. The van der Waals surface area contributed by atoms with Gasteiger partial charge in [-0.05, 0) is 0 Å². The van der Waals surface area contributed by atoms with E-state index in [-0.39, 0.29) is 38.1 Å². The monoisotopic (exact) mass is 333 g/mol. The number of nitrogens with zero attached hydrogens (tertiary/aromatic N) is 1. The summed E-state index contributed by atoms with van der Waals surface area (Å²) in [5.74, 6) is 1.51.